The van der Waals surface area contributed by atoms with E-state index in [0.29, 0.717) is 19.1 Å². The van der Waals surface area contributed by atoms with Crippen molar-refractivity contribution in [3.05, 3.63) is 48.0 Å². The van der Waals surface area contributed by atoms with Crippen molar-refractivity contribution in [2.24, 2.45) is 0 Å². The van der Waals surface area contributed by atoms with E-state index >= 15 is 0 Å². The molecule has 0 unspecified atom stereocenters. The molecule has 3 nitrogen and oxygen atoms in total. The molecule has 0 saturated heterocycles. The third-order valence-corrected chi connectivity index (χ3v) is 3.08. The lowest BCUT2D eigenvalue weighted by Crippen LogP contribution is -2.13. The molecule has 0 N–H and O–H groups in total. The van der Waals surface area contributed by atoms with Crippen LogP contribution in [0.25, 0.3) is 10.8 Å². The number of carbonyl (C=O) groups is 1. The highest BCUT2D eigenvalue weighted by Crippen LogP contribution is 2.19. The van der Waals surface area contributed by atoms with Crippen LogP contribution in [-0.2, 0) is 20.7 Å². The second-order valence-electron chi connectivity index (χ2n) is 4.34. The number of rotatable bonds is 7. The van der Waals surface area contributed by atoms with Crippen molar-refractivity contribution in [2.45, 2.75) is 6.42 Å². The predicted octanol–water partition coefficient (Wildman–Crippen LogP) is 3.18. The molecule has 20 heavy (non-hydrogen) atoms. The Morgan fingerprint density at radius 1 is 1.00 bits per heavy atom. The standard InChI is InChI=1S/C16H17ClO3/c17-8-9-19-10-11-20-16(18)12-14-6-3-5-13-4-1-2-7-15(13)14/h1-7H,8-12H2. The molecule has 0 heterocycles. The summed E-state index contributed by atoms with van der Waals surface area (Å²) in [6, 6.07) is 13.9. The van der Waals surface area contributed by atoms with Gasteiger partial charge in [0.25, 0.3) is 0 Å². The zero-order valence-corrected chi connectivity index (χ0v) is 11.9. The second kappa shape index (κ2) is 7.88. The molecule has 0 atom stereocenters. The topological polar surface area (TPSA) is 35.5 Å². The fourth-order valence-corrected chi connectivity index (χ4v) is 2.13. The number of alkyl halides is 1. The monoisotopic (exact) mass is 292 g/mol. The second-order valence-corrected chi connectivity index (χ2v) is 4.71. The highest BCUT2D eigenvalue weighted by atomic mass is 35.5. The zero-order valence-electron chi connectivity index (χ0n) is 11.2. The Hall–Kier alpha value is -1.58. The van der Waals surface area contributed by atoms with Crippen LogP contribution >= 0.6 is 11.6 Å². The van der Waals surface area contributed by atoms with Crippen LogP contribution in [0.1, 0.15) is 5.56 Å². The van der Waals surface area contributed by atoms with E-state index in [2.05, 4.69) is 0 Å². The van der Waals surface area contributed by atoms with Gasteiger partial charge in [-0.25, -0.2) is 0 Å². The molecule has 106 valence electrons. The fraction of sp³-hybridized carbons (Fsp3) is 0.312. The van der Waals surface area contributed by atoms with Crippen molar-refractivity contribution in [1.29, 1.82) is 0 Å². The third-order valence-electron chi connectivity index (χ3n) is 2.93. The summed E-state index contributed by atoms with van der Waals surface area (Å²) in [5, 5.41) is 2.22. The van der Waals surface area contributed by atoms with Crippen LogP contribution in [0.3, 0.4) is 0 Å². The molecule has 0 bridgehead atoms. The minimum atomic E-state index is -0.240. The molecular weight excluding hydrogens is 276 g/mol. The molecule has 0 amide bonds. The number of hydrogen-bond acceptors (Lipinski definition) is 3. The number of fused-ring (bicyclic) bond motifs is 1. The number of halogens is 1. The van der Waals surface area contributed by atoms with E-state index in [1.807, 2.05) is 42.5 Å². The SMILES string of the molecule is O=C(Cc1cccc2ccccc12)OCCOCCCl. The highest BCUT2D eigenvalue weighted by molar-refractivity contribution is 6.17. The van der Waals surface area contributed by atoms with E-state index < -0.39 is 0 Å². The molecule has 4 heteroatoms. The van der Waals surface area contributed by atoms with Crippen LogP contribution in [0.15, 0.2) is 42.5 Å². The summed E-state index contributed by atoms with van der Waals surface area (Å²) in [7, 11) is 0. The van der Waals surface area contributed by atoms with Crippen molar-refractivity contribution in [3.8, 4) is 0 Å². The Kier molecular flexibility index (Phi) is 5.84. The average Bonchev–Trinajstić information content (AvgIpc) is 2.47. The normalized spacial score (nSPS) is 10.7. The van der Waals surface area contributed by atoms with Gasteiger partial charge in [-0.3, -0.25) is 4.79 Å². The maximum Gasteiger partial charge on any atom is 0.310 e. The van der Waals surface area contributed by atoms with Crippen LogP contribution in [-0.4, -0.2) is 31.7 Å². The van der Waals surface area contributed by atoms with Crippen molar-refractivity contribution < 1.29 is 14.3 Å². The van der Waals surface area contributed by atoms with E-state index in [1.54, 1.807) is 0 Å². The molecule has 0 saturated carbocycles. The van der Waals surface area contributed by atoms with Gasteiger partial charge < -0.3 is 9.47 Å². The number of carbonyl (C=O) groups excluding carboxylic acids is 1. The molecule has 0 aromatic heterocycles. The van der Waals surface area contributed by atoms with Crippen molar-refractivity contribution in [2.75, 3.05) is 25.7 Å². The Balaban J connectivity index is 1.90. The first kappa shape index (κ1) is 14.8. The highest BCUT2D eigenvalue weighted by Gasteiger charge is 2.07. The number of hydrogen-bond donors (Lipinski definition) is 0. The van der Waals surface area contributed by atoms with Gasteiger partial charge in [-0.1, -0.05) is 42.5 Å². The Morgan fingerprint density at radius 2 is 1.80 bits per heavy atom. The molecular formula is C16H17ClO3. The molecule has 0 aliphatic rings. The van der Waals surface area contributed by atoms with E-state index in [4.69, 9.17) is 21.1 Å². The predicted molar refractivity (Wildman–Crippen MR) is 80.2 cm³/mol. The van der Waals surface area contributed by atoms with E-state index in [-0.39, 0.29) is 19.0 Å². The Morgan fingerprint density at radius 3 is 2.65 bits per heavy atom. The van der Waals surface area contributed by atoms with Gasteiger partial charge in [-0.2, -0.15) is 0 Å². The summed E-state index contributed by atoms with van der Waals surface area (Å²) in [6.07, 6.45) is 0.275. The van der Waals surface area contributed by atoms with Crippen LogP contribution in [0.4, 0.5) is 0 Å². The molecule has 0 radical (unpaired) electrons. The van der Waals surface area contributed by atoms with Gasteiger partial charge in [-0.15, -0.1) is 11.6 Å². The maximum atomic E-state index is 11.8. The first-order valence-electron chi connectivity index (χ1n) is 6.57. The lowest BCUT2D eigenvalue weighted by molar-refractivity contribution is -0.144. The molecule has 0 aliphatic carbocycles. The minimum absolute atomic E-state index is 0.240. The van der Waals surface area contributed by atoms with Gasteiger partial charge in [0.05, 0.1) is 19.6 Å². The molecule has 2 rings (SSSR count). The summed E-state index contributed by atoms with van der Waals surface area (Å²) in [6.45, 7) is 1.12. The third kappa shape index (κ3) is 4.22. The van der Waals surface area contributed by atoms with Gasteiger partial charge in [0.2, 0.25) is 0 Å². The lowest BCUT2D eigenvalue weighted by Gasteiger charge is -2.07. The number of ether oxygens (including phenoxy) is 2. The quantitative estimate of drug-likeness (QED) is 0.447. The summed E-state index contributed by atoms with van der Waals surface area (Å²) in [4.78, 5) is 11.8. The van der Waals surface area contributed by atoms with Crippen LogP contribution in [0, 0.1) is 0 Å². The molecule has 0 spiro atoms. The Labute approximate surface area is 123 Å². The van der Waals surface area contributed by atoms with Crippen molar-refractivity contribution >= 4 is 28.3 Å². The van der Waals surface area contributed by atoms with Crippen molar-refractivity contribution in [3.63, 3.8) is 0 Å². The van der Waals surface area contributed by atoms with Gasteiger partial charge in [0.15, 0.2) is 0 Å². The van der Waals surface area contributed by atoms with Crippen LogP contribution in [0.5, 0.6) is 0 Å². The largest absolute Gasteiger partial charge is 0.463 e. The summed E-state index contributed by atoms with van der Waals surface area (Å²) in [5.74, 6) is 0.208. The lowest BCUT2D eigenvalue weighted by atomic mass is 10.0. The number of esters is 1. The smallest absolute Gasteiger partial charge is 0.310 e. The Bertz CT molecular complexity index is 563. The van der Waals surface area contributed by atoms with E-state index in [1.165, 1.54) is 0 Å². The van der Waals surface area contributed by atoms with E-state index in [9.17, 15) is 4.79 Å². The maximum absolute atomic E-state index is 11.8. The molecule has 2 aromatic rings. The first-order valence-corrected chi connectivity index (χ1v) is 7.10. The zero-order chi connectivity index (χ0) is 14.2. The molecule has 0 aliphatic heterocycles. The van der Waals surface area contributed by atoms with E-state index in [0.717, 1.165) is 16.3 Å². The van der Waals surface area contributed by atoms with Gasteiger partial charge in [0, 0.05) is 5.88 Å². The summed E-state index contributed by atoms with van der Waals surface area (Å²) in [5.41, 5.74) is 0.981. The first-order chi connectivity index (χ1) is 9.81. The summed E-state index contributed by atoms with van der Waals surface area (Å²) < 4.78 is 10.3. The van der Waals surface area contributed by atoms with Gasteiger partial charge in [-0.05, 0) is 16.3 Å². The van der Waals surface area contributed by atoms with Gasteiger partial charge in [0.1, 0.15) is 6.61 Å². The van der Waals surface area contributed by atoms with Crippen LogP contribution in [0.2, 0.25) is 0 Å². The molecule has 2 aromatic carbocycles. The average molecular weight is 293 g/mol. The fourth-order valence-electron chi connectivity index (χ4n) is 2.02. The van der Waals surface area contributed by atoms with Crippen LogP contribution < -0.4 is 0 Å². The summed E-state index contributed by atoms with van der Waals surface area (Å²) >= 11 is 5.47. The minimum Gasteiger partial charge on any atom is -0.463 e. The van der Waals surface area contributed by atoms with Gasteiger partial charge >= 0.3 is 5.97 Å². The number of benzene rings is 2. The van der Waals surface area contributed by atoms with Crippen molar-refractivity contribution in [1.82, 2.24) is 0 Å². The molecule has 0 fully saturated rings.